The first-order valence-electron chi connectivity index (χ1n) is 9.50. The van der Waals surface area contributed by atoms with Gasteiger partial charge in [-0.2, -0.15) is 4.98 Å². The van der Waals surface area contributed by atoms with Crippen LogP contribution in [0.5, 0.6) is 5.75 Å². The van der Waals surface area contributed by atoms with Crippen molar-refractivity contribution in [2.24, 2.45) is 5.73 Å². The van der Waals surface area contributed by atoms with Crippen molar-refractivity contribution in [3.8, 4) is 11.4 Å². The van der Waals surface area contributed by atoms with Crippen LogP contribution >= 0.6 is 0 Å². The predicted octanol–water partition coefficient (Wildman–Crippen LogP) is 1.75. The standard InChI is InChI=1S/C20H24N6O3/c1-9-6-7-13(27)10(2)16(9)26-17(21)15(18(22)29)11-8-23-20(25-19(11)26)24-12-4-3-5-14(12)28/h6-8,12,14,27-28H,3-5,21H2,1-2H3,(H2,22,29)(H,23,24,25)/t12-,14-/m0/s1. The third kappa shape index (κ3) is 3.03. The number of carbonyl (C=O) groups excluding carboxylic acids is 1. The van der Waals surface area contributed by atoms with E-state index < -0.39 is 12.0 Å². The third-order valence-electron chi connectivity index (χ3n) is 5.61. The van der Waals surface area contributed by atoms with Crippen molar-refractivity contribution in [3.63, 3.8) is 0 Å². The van der Waals surface area contributed by atoms with E-state index >= 15 is 0 Å². The number of nitrogens with zero attached hydrogens (tertiary/aromatic N) is 3. The van der Waals surface area contributed by atoms with Gasteiger partial charge in [0.25, 0.3) is 5.91 Å². The lowest BCUT2D eigenvalue weighted by atomic mass is 10.1. The summed E-state index contributed by atoms with van der Waals surface area (Å²) in [6, 6.07) is 3.24. The minimum atomic E-state index is -0.683. The van der Waals surface area contributed by atoms with Crippen molar-refractivity contribution >= 4 is 28.7 Å². The van der Waals surface area contributed by atoms with Gasteiger partial charge in [0.05, 0.1) is 28.8 Å². The first-order chi connectivity index (χ1) is 13.8. The van der Waals surface area contributed by atoms with Crippen LogP contribution in [0, 0.1) is 13.8 Å². The van der Waals surface area contributed by atoms with E-state index in [-0.39, 0.29) is 23.2 Å². The molecule has 1 amide bonds. The van der Waals surface area contributed by atoms with E-state index in [1.807, 2.05) is 6.92 Å². The number of rotatable bonds is 4. The molecule has 1 aliphatic carbocycles. The zero-order chi connectivity index (χ0) is 20.9. The van der Waals surface area contributed by atoms with E-state index in [0.717, 1.165) is 24.8 Å². The molecule has 29 heavy (non-hydrogen) atoms. The van der Waals surface area contributed by atoms with Crippen LogP contribution in [0.1, 0.15) is 40.7 Å². The average Bonchev–Trinajstić information content (AvgIpc) is 3.19. The highest BCUT2D eigenvalue weighted by atomic mass is 16.3. The number of nitrogens with two attached hydrogens (primary N) is 2. The quantitative estimate of drug-likeness (QED) is 0.450. The summed E-state index contributed by atoms with van der Waals surface area (Å²) in [5.41, 5.74) is 14.5. The maximum atomic E-state index is 12.1. The van der Waals surface area contributed by atoms with Gasteiger partial charge < -0.3 is 27.0 Å². The molecule has 9 nitrogen and oxygen atoms in total. The van der Waals surface area contributed by atoms with E-state index in [9.17, 15) is 15.0 Å². The Hall–Kier alpha value is -3.33. The van der Waals surface area contributed by atoms with Crippen LogP contribution in [0.4, 0.5) is 11.8 Å². The molecule has 2 heterocycles. The van der Waals surface area contributed by atoms with Gasteiger partial charge in [-0.3, -0.25) is 9.36 Å². The summed E-state index contributed by atoms with van der Waals surface area (Å²) in [7, 11) is 0. The Morgan fingerprint density at radius 1 is 1.31 bits per heavy atom. The van der Waals surface area contributed by atoms with E-state index in [4.69, 9.17) is 11.5 Å². The normalized spacial score (nSPS) is 19.0. The molecule has 1 fully saturated rings. The van der Waals surface area contributed by atoms with Crippen LogP contribution in [0.2, 0.25) is 0 Å². The number of aliphatic hydroxyl groups excluding tert-OH is 1. The highest BCUT2D eigenvalue weighted by Crippen LogP contribution is 2.35. The lowest BCUT2D eigenvalue weighted by Crippen LogP contribution is -2.28. The van der Waals surface area contributed by atoms with Crippen LogP contribution in [0.15, 0.2) is 18.3 Å². The first kappa shape index (κ1) is 19.0. The van der Waals surface area contributed by atoms with Crippen molar-refractivity contribution in [1.82, 2.24) is 14.5 Å². The van der Waals surface area contributed by atoms with Crippen LogP contribution in [0.3, 0.4) is 0 Å². The van der Waals surface area contributed by atoms with Crippen molar-refractivity contribution in [2.75, 3.05) is 11.1 Å². The summed E-state index contributed by atoms with van der Waals surface area (Å²) >= 11 is 0. The van der Waals surface area contributed by atoms with Gasteiger partial charge in [0.15, 0.2) is 5.65 Å². The van der Waals surface area contributed by atoms with Crippen LogP contribution in [0.25, 0.3) is 16.7 Å². The van der Waals surface area contributed by atoms with E-state index in [2.05, 4.69) is 15.3 Å². The average molecular weight is 396 g/mol. The molecule has 0 aliphatic heterocycles. The number of hydrogen-bond donors (Lipinski definition) is 5. The number of anilines is 2. The van der Waals surface area contributed by atoms with Crippen molar-refractivity contribution in [3.05, 3.63) is 35.0 Å². The van der Waals surface area contributed by atoms with Gasteiger partial charge in [0, 0.05) is 11.8 Å². The highest BCUT2D eigenvalue weighted by molar-refractivity contribution is 6.10. The Bertz CT molecular complexity index is 1120. The van der Waals surface area contributed by atoms with Crippen molar-refractivity contribution in [2.45, 2.75) is 45.3 Å². The fourth-order valence-electron chi connectivity index (χ4n) is 4.08. The number of nitrogen functional groups attached to an aromatic ring is 1. The molecule has 4 rings (SSSR count). The van der Waals surface area contributed by atoms with Gasteiger partial charge in [0.2, 0.25) is 5.95 Å². The van der Waals surface area contributed by atoms with Crippen LogP contribution in [-0.4, -0.2) is 42.8 Å². The fourth-order valence-corrected chi connectivity index (χ4v) is 4.08. The van der Waals surface area contributed by atoms with Gasteiger partial charge in [-0.1, -0.05) is 6.07 Å². The lowest BCUT2D eigenvalue weighted by Gasteiger charge is -2.17. The molecule has 2 atom stereocenters. The number of hydrogen-bond acceptors (Lipinski definition) is 7. The Kier molecular flexibility index (Phi) is 4.54. The monoisotopic (exact) mass is 396 g/mol. The second-order valence-electron chi connectivity index (χ2n) is 7.52. The molecule has 0 spiro atoms. The second-order valence-corrected chi connectivity index (χ2v) is 7.52. The Labute approximate surface area is 167 Å². The Balaban J connectivity index is 1.95. The highest BCUT2D eigenvalue weighted by Gasteiger charge is 2.27. The molecule has 152 valence electrons. The topological polar surface area (TPSA) is 152 Å². The SMILES string of the molecule is Cc1ccc(O)c(C)c1-n1c(N)c(C(N)=O)c2cnc(N[C@H]3CCC[C@@H]3O)nc21. The fraction of sp³-hybridized carbons (Fsp3) is 0.350. The Morgan fingerprint density at radius 2 is 2.07 bits per heavy atom. The number of benzene rings is 1. The summed E-state index contributed by atoms with van der Waals surface area (Å²) < 4.78 is 1.62. The Morgan fingerprint density at radius 3 is 2.72 bits per heavy atom. The number of phenolic OH excluding ortho intramolecular Hbond substituents is 1. The largest absolute Gasteiger partial charge is 0.508 e. The van der Waals surface area contributed by atoms with Crippen molar-refractivity contribution < 1.29 is 15.0 Å². The van der Waals surface area contributed by atoms with E-state index in [1.165, 1.54) is 6.20 Å². The molecule has 0 unspecified atom stereocenters. The maximum Gasteiger partial charge on any atom is 0.253 e. The number of primary amides is 1. The van der Waals surface area contributed by atoms with Gasteiger partial charge >= 0.3 is 0 Å². The van der Waals surface area contributed by atoms with E-state index in [1.54, 1.807) is 23.6 Å². The predicted molar refractivity (Wildman–Crippen MR) is 110 cm³/mol. The smallest absolute Gasteiger partial charge is 0.253 e. The van der Waals surface area contributed by atoms with E-state index in [0.29, 0.717) is 28.2 Å². The molecule has 1 saturated carbocycles. The summed E-state index contributed by atoms with van der Waals surface area (Å²) in [5.74, 6) is -0.114. The minimum Gasteiger partial charge on any atom is -0.508 e. The summed E-state index contributed by atoms with van der Waals surface area (Å²) in [5, 5.41) is 23.9. The number of aromatic nitrogens is 3. The van der Waals surface area contributed by atoms with Gasteiger partial charge in [-0.25, -0.2) is 4.98 Å². The number of amides is 1. The molecular weight excluding hydrogens is 372 g/mol. The number of phenols is 1. The summed E-state index contributed by atoms with van der Waals surface area (Å²) in [6.07, 6.45) is 3.53. The van der Waals surface area contributed by atoms with Gasteiger partial charge in [-0.15, -0.1) is 0 Å². The van der Waals surface area contributed by atoms with Crippen LogP contribution < -0.4 is 16.8 Å². The lowest BCUT2D eigenvalue weighted by molar-refractivity contribution is 0.100. The van der Waals surface area contributed by atoms with Gasteiger partial charge in [-0.05, 0) is 44.7 Å². The molecule has 2 aromatic heterocycles. The molecule has 3 aromatic rings. The first-order valence-corrected chi connectivity index (χ1v) is 9.50. The summed E-state index contributed by atoms with van der Waals surface area (Å²) in [4.78, 5) is 21.0. The number of aliphatic hydroxyl groups is 1. The molecule has 9 heteroatoms. The molecule has 0 saturated heterocycles. The van der Waals surface area contributed by atoms with Gasteiger partial charge in [0.1, 0.15) is 11.6 Å². The molecule has 7 N–H and O–H groups in total. The number of fused-ring (bicyclic) bond motifs is 1. The number of carbonyl (C=O) groups is 1. The third-order valence-corrected chi connectivity index (χ3v) is 5.61. The molecule has 1 aromatic carbocycles. The van der Waals surface area contributed by atoms with Crippen molar-refractivity contribution in [1.29, 1.82) is 0 Å². The number of aryl methyl sites for hydroxylation is 1. The molecule has 1 aliphatic rings. The van der Waals surface area contributed by atoms with Crippen LogP contribution in [-0.2, 0) is 0 Å². The molecule has 0 radical (unpaired) electrons. The second kappa shape index (κ2) is 6.93. The molecular formula is C20H24N6O3. The minimum absolute atomic E-state index is 0.106. The number of nitrogens with one attached hydrogen (secondary N) is 1. The zero-order valence-electron chi connectivity index (χ0n) is 16.3. The summed E-state index contributed by atoms with van der Waals surface area (Å²) in [6.45, 7) is 3.65. The zero-order valence-corrected chi connectivity index (χ0v) is 16.3. The maximum absolute atomic E-state index is 12.1. The molecule has 0 bridgehead atoms. The number of aromatic hydroxyl groups is 1.